The zero-order valence-electron chi connectivity index (χ0n) is 8.50. The fourth-order valence-electron chi connectivity index (χ4n) is 1.16. The number of rotatable bonds is 4. The molecule has 0 saturated carbocycles. The maximum Gasteiger partial charge on any atom is 0.103 e. The van der Waals surface area contributed by atoms with E-state index >= 15 is 0 Å². The Bertz CT molecular complexity index is 373. The van der Waals surface area contributed by atoms with Crippen LogP contribution in [-0.2, 0) is 0 Å². The van der Waals surface area contributed by atoms with E-state index in [4.69, 9.17) is 5.26 Å². The van der Waals surface area contributed by atoms with E-state index in [1.807, 2.05) is 25.1 Å². The molecule has 0 fully saturated rings. The molecule has 15 heavy (non-hydrogen) atoms. The van der Waals surface area contributed by atoms with Gasteiger partial charge in [-0.1, -0.05) is 13.0 Å². The zero-order chi connectivity index (χ0) is 11.3. The number of aliphatic hydroxyl groups excluding tert-OH is 1. The van der Waals surface area contributed by atoms with Crippen LogP contribution < -0.4 is 5.32 Å². The van der Waals surface area contributed by atoms with E-state index in [0.29, 0.717) is 18.5 Å². The minimum atomic E-state index is -0.379. The Labute approximate surface area is 97.9 Å². The highest BCUT2D eigenvalue weighted by Crippen LogP contribution is 2.23. The summed E-state index contributed by atoms with van der Waals surface area (Å²) in [4.78, 5) is 0. The molecule has 1 atom stereocenters. The number of hydrogen-bond donors (Lipinski definition) is 2. The van der Waals surface area contributed by atoms with Gasteiger partial charge in [-0.15, -0.1) is 0 Å². The maximum atomic E-state index is 9.40. The largest absolute Gasteiger partial charge is 0.391 e. The molecule has 2 N–H and O–H groups in total. The van der Waals surface area contributed by atoms with Crippen LogP contribution in [0.2, 0.25) is 0 Å². The summed E-state index contributed by atoms with van der Waals surface area (Å²) in [5.41, 5.74) is 1.32. The van der Waals surface area contributed by atoms with Gasteiger partial charge in [-0.05, 0) is 34.5 Å². The minimum Gasteiger partial charge on any atom is -0.391 e. The van der Waals surface area contributed by atoms with Gasteiger partial charge in [-0.25, -0.2) is 0 Å². The number of halogens is 1. The monoisotopic (exact) mass is 268 g/mol. The standard InChI is InChI=1S/C11H13BrN2O/c1-2-8(15)7-14-11-5-3-4-10(12)9(11)6-13/h3-5,8,14-15H,2,7H2,1H3. The molecule has 0 aliphatic rings. The van der Waals surface area contributed by atoms with Crippen molar-refractivity contribution in [2.45, 2.75) is 19.4 Å². The van der Waals surface area contributed by atoms with Crippen LogP contribution in [0.3, 0.4) is 0 Å². The maximum absolute atomic E-state index is 9.40. The second-order valence-electron chi connectivity index (χ2n) is 3.22. The Morgan fingerprint density at radius 3 is 2.93 bits per heavy atom. The Hall–Kier alpha value is -1.05. The van der Waals surface area contributed by atoms with Crippen molar-refractivity contribution in [3.8, 4) is 6.07 Å². The molecule has 1 aromatic rings. The fourth-order valence-corrected chi connectivity index (χ4v) is 1.61. The van der Waals surface area contributed by atoms with Gasteiger partial charge in [-0.2, -0.15) is 5.26 Å². The van der Waals surface area contributed by atoms with E-state index < -0.39 is 0 Å². The number of nitriles is 1. The van der Waals surface area contributed by atoms with Crippen LogP contribution in [0.25, 0.3) is 0 Å². The van der Waals surface area contributed by atoms with Gasteiger partial charge in [0.15, 0.2) is 0 Å². The summed E-state index contributed by atoms with van der Waals surface area (Å²) in [6.45, 7) is 2.38. The van der Waals surface area contributed by atoms with Gasteiger partial charge in [0, 0.05) is 11.0 Å². The third-order valence-corrected chi connectivity index (χ3v) is 2.79. The number of nitrogens with zero attached hydrogens (tertiary/aromatic N) is 1. The number of benzene rings is 1. The highest BCUT2D eigenvalue weighted by molar-refractivity contribution is 9.10. The smallest absolute Gasteiger partial charge is 0.103 e. The van der Waals surface area contributed by atoms with E-state index in [9.17, 15) is 5.11 Å². The SMILES string of the molecule is CCC(O)CNc1cccc(Br)c1C#N. The molecule has 3 nitrogen and oxygen atoms in total. The summed E-state index contributed by atoms with van der Waals surface area (Å²) in [7, 11) is 0. The van der Waals surface area contributed by atoms with Crippen LogP contribution in [0.5, 0.6) is 0 Å². The first-order valence-electron chi connectivity index (χ1n) is 4.79. The highest BCUT2D eigenvalue weighted by Gasteiger charge is 2.06. The van der Waals surface area contributed by atoms with Gasteiger partial charge in [-0.3, -0.25) is 0 Å². The number of nitrogens with one attached hydrogen (secondary N) is 1. The van der Waals surface area contributed by atoms with Gasteiger partial charge in [0.2, 0.25) is 0 Å². The van der Waals surface area contributed by atoms with Gasteiger partial charge in [0.05, 0.1) is 17.4 Å². The van der Waals surface area contributed by atoms with Crippen LogP contribution in [0, 0.1) is 11.3 Å². The molecule has 0 bridgehead atoms. The topological polar surface area (TPSA) is 56.0 Å². The quantitative estimate of drug-likeness (QED) is 0.883. The lowest BCUT2D eigenvalue weighted by molar-refractivity contribution is 0.183. The van der Waals surface area contributed by atoms with Gasteiger partial charge in [0.25, 0.3) is 0 Å². The van der Waals surface area contributed by atoms with Gasteiger partial charge in [0.1, 0.15) is 6.07 Å². The molecular formula is C11H13BrN2O. The molecule has 0 heterocycles. The van der Waals surface area contributed by atoms with Crippen molar-refractivity contribution in [2.24, 2.45) is 0 Å². The van der Waals surface area contributed by atoms with E-state index in [2.05, 4.69) is 27.3 Å². The Balaban J connectivity index is 2.77. The molecule has 0 radical (unpaired) electrons. The van der Waals surface area contributed by atoms with E-state index in [0.717, 1.165) is 10.2 Å². The van der Waals surface area contributed by atoms with Gasteiger partial charge >= 0.3 is 0 Å². The average molecular weight is 269 g/mol. The summed E-state index contributed by atoms with van der Waals surface area (Å²) in [6.07, 6.45) is 0.318. The van der Waals surface area contributed by atoms with Crippen molar-refractivity contribution in [1.82, 2.24) is 0 Å². The molecule has 0 saturated heterocycles. The Morgan fingerprint density at radius 2 is 2.33 bits per heavy atom. The first kappa shape index (κ1) is 12.0. The average Bonchev–Trinajstić information content (AvgIpc) is 2.25. The minimum absolute atomic E-state index is 0.379. The molecule has 0 aliphatic carbocycles. The first-order chi connectivity index (χ1) is 7.19. The summed E-state index contributed by atoms with van der Waals surface area (Å²) >= 11 is 3.31. The lowest BCUT2D eigenvalue weighted by atomic mass is 10.2. The molecule has 1 unspecified atom stereocenters. The normalized spacial score (nSPS) is 11.9. The van der Waals surface area contributed by atoms with Crippen molar-refractivity contribution in [3.63, 3.8) is 0 Å². The summed E-state index contributed by atoms with van der Waals surface area (Å²) in [5, 5.41) is 21.4. The summed E-state index contributed by atoms with van der Waals surface area (Å²) in [5.74, 6) is 0. The molecule has 0 amide bonds. The third-order valence-electron chi connectivity index (χ3n) is 2.12. The summed E-state index contributed by atoms with van der Waals surface area (Å²) in [6, 6.07) is 7.61. The lowest BCUT2D eigenvalue weighted by Gasteiger charge is -2.12. The molecule has 1 rings (SSSR count). The van der Waals surface area contributed by atoms with Crippen LogP contribution >= 0.6 is 15.9 Å². The van der Waals surface area contributed by atoms with Gasteiger partial charge < -0.3 is 10.4 Å². The number of hydrogen-bond acceptors (Lipinski definition) is 3. The number of aliphatic hydroxyl groups is 1. The molecule has 0 spiro atoms. The van der Waals surface area contributed by atoms with Crippen LogP contribution in [-0.4, -0.2) is 17.8 Å². The molecular weight excluding hydrogens is 256 g/mol. The van der Waals surface area contributed by atoms with Crippen molar-refractivity contribution in [3.05, 3.63) is 28.2 Å². The fraction of sp³-hybridized carbons (Fsp3) is 0.364. The third kappa shape index (κ3) is 3.22. The van der Waals surface area contributed by atoms with Crippen LogP contribution in [0.15, 0.2) is 22.7 Å². The molecule has 4 heteroatoms. The van der Waals surface area contributed by atoms with Crippen molar-refractivity contribution in [1.29, 1.82) is 5.26 Å². The Morgan fingerprint density at radius 1 is 1.60 bits per heavy atom. The van der Waals surface area contributed by atoms with Crippen LogP contribution in [0.4, 0.5) is 5.69 Å². The second-order valence-corrected chi connectivity index (χ2v) is 4.07. The molecule has 0 aromatic heterocycles. The number of anilines is 1. The van der Waals surface area contributed by atoms with Crippen LogP contribution in [0.1, 0.15) is 18.9 Å². The lowest BCUT2D eigenvalue weighted by Crippen LogP contribution is -2.18. The molecule has 1 aromatic carbocycles. The molecule has 80 valence electrons. The van der Waals surface area contributed by atoms with Crippen molar-refractivity contribution >= 4 is 21.6 Å². The van der Waals surface area contributed by atoms with E-state index in [1.165, 1.54) is 0 Å². The predicted octanol–water partition coefficient (Wildman–Crippen LogP) is 2.50. The van der Waals surface area contributed by atoms with E-state index in [-0.39, 0.29) is 6.10 Å². The summed E-state index contributed by atoms with van der Waals surface area (Å²) < 4.78 is 0.765. The Kier molecular flexibility index (Phi) is 4.60. The van der Waals surface area contributed by atoms with E-state index in [1.54, 1.807) is 0 Å². The second kappa shape index (κ2) is 5.74. The van der Waals surface area contributed by atoms with Crippen molar-refractivity contribution in [2.75, 3.05) is 11.9 Å². The zero-order valence-corrected chi connectivity index (χ0v) is 10.1. The predicted molar refractivity (Wildman–Crippen MR) is 63.6 cm³/mol. The first-order valence-corrected chi connectivity index (χ1v) is 5.58. The molecule has 0 aliphatic heterocycles. The van der Waals surface area contributed by atoms with Crippen molar-refractivity contribution < 1.29 is 5.11 Å². The highest BCUT2D eigenvalue weighted by atomic mass is 79.9.